The van der Waals surface area contributed by atoms with Crippen molar-refractivity contribution in [3.8, 4) is 0 Å². The van der Waals surface area contributed by atoms with Crippen molar-refractivity contribution in [2.45, 2.75) is 37.9 Å². The maximum absolute atomic E-state index is 4.58. The first-order valence-electron chi connectivity index (χ1n) is 5.89. The van der Waals surface area contributed by atoms with Gasteiger partial charge in [0.1, 0.15) is 0 Å². The van der Waals surface area contributed by atoms with Gasteiger partial charge in [-0.25, -0.2) is 0 Å². The van der Waals surface area contributed by atoms with Crippen molar-refractivity contribution in [1.29, 1.82) is 0 Å². The molecule has 0 amide bonds. The molecule has 1 aromatic heterocycles. The summed E-state index contributed by atoms with van der Waals surface area (Å²) in [5, 5.41) is 2.74. The number of nitrogens with zero attached hydrogens (tertiary/aromatic N) is 1. The van der Waals surface area contributed by atoms with E-state index in [2.05, 4.69) is 35.6 Å². The van der Waals surface area contributed by atoms with E-state index in [1.54, 1.807) is 11.5 Å². The summed E-state index contributed by atoms with van der Waals surface area (Å²) in [5.41, 5.74) is 0. The van der Waals surface area contributed by atoms with Gasteiger partial charge in [0, 0.05) is 0 Å². The molecule has 2 rings (SSSR count). The van der Waals surface area contributed by atoms with Crippen LogP contribution in [0.1, 0.15) is 32.6 Å². The summed E-state index contributed by atoms with van der Waals surface area (Å²) in [4.78, 5) is 0. The second-order valence-corrected chi connectivity index (χ2v) is 6.97. The molecule has 0 radical (unpaired) electrons. The SMILES string of the molecule is CCCCCC[Se]c1nsc2ccccc12. The van der Waals surface area contributed by atoms with Crippen LogP contribution in [-0.2, 0) is 0 Å². The first kappa shape index (κ1) is 12.1. The van der Waals surface area contributed by atoms with Crippen LogP contribution in [0.2, 0.25) is 5.32 Å². The van der Waals surface area contributed by atoms with Crippen molar-refractivity contribution in [2.24, 2.45) is 0 Å². The third kappa shape index (κ3) is 3.07. The molecule has 0 aliphatic heterocycles. The van der Waals surface area contributed by atoms with Crippen molar-refractivity contribution < 1.29 is 0 Å². The average Bonchev–Trinajstić information content (AvgIpc) is 2.73. The Morgan fingerprint density at radius 2 is 2.06 bits per heavy atom. The third-order valence-corrected chi connectivity index (χ3v) is 5.93. The molecule has 0 saturated carbocycles. The quantitative estimate of drug-likeness (QED) is 0.586. The fraction of sp³-hybridized carbons (Fsp3) is 0.462. The molecule has 0 fully saturated rings. The Balaban J connectivity index is 1.89. The summed E-state index contributed by atoms with van der Waals surface area (Å²) in [5.74, 6) is 0. The van der Waals surface area contributed by atoms with Gasteiger partial charge in [-0.05, 0) is 0 Å². The molecule has 0 aliphatic rings. The van der Waals surface area contributed by atoms with E-state index in [1.165, 1.54) is 45.7 Å². The van der Waals surface area contributed by atoms with E-state index in [-0.39, 0.29) is 0 Å². The molecule has 16 heavy (non-hydrogen) atoms. The Morgan fingerprint density at radius 1 is 1.19 bits per heavy atom. The van der Waals surface area contributed by atoms with E-state index < -0.39 is 0 Å². The Labute approximate surface area is 108 Å². The summed E-state index contributed by atoms with van der Waals surface area (Å²) in [7, 11) is 0. The molecule has 1 nitrogen and oxygen atoms in total. The monoisotopic (exact) mass is 299 g/mol. The number of aromatic nitrogens is 1. The van der Waals surface area contributed by atoms with Crippen LogP contribution in [0.3, 0.4) is 0 Å². The van der Waals surface area contributed by atoms with Crippen molar-refractivity contribution >= 4 is 41.2 Å². The van der Waals surface area contributed by atoms with Gasteiger partial charge in [-0.1, -0.05) is 0 Å². The van der Waals surface area contributed by atoms with E-state index in [0.29, 0.717) is 15.0 Å². The van der Waals surface area contributed by atoms with Crippen molar-refractivity contribution in [1.82, 2.24) is 4.37 Å². The van der Waals surface area contributed by atoms with Crippen LogP contribution in [0.25, 0.3) is 10.1 Å². The predicted molar refractivity (Wildman–Crippen MR) is 74.0 cm³/mol. The van der Waals surface area contributed by atoms with Crippen molar-refractivity contribution in [3.63, 3.8) is 0 Å². The Hall–Kier alpha value is -0.371. The van der Waals surface area contributed by atoms with Gasteiger partial charge in [0.25, 0.3) is 0 Å². The molecule has 2 aromatic rings. The van der Waals surface area contributed by atoms with Gasteiger partial charge in [0.2, 0.25) is 0 Å². The molecule has 0 bridgehead atoms. The average molecular weight is 298 g/mol. The third-order valence-electron chi connectivity index (χ3n) is 2.58. The van der Waals surface area contributed by atoms with Gasteiger partial charge in [0.05, 0.1) is 0 Å². The molecular formula is C13H17NSSe. The molecular weight excluding hydrogens is 281 g/mol. The van der Waals surface area contributed by atoms with E-state index in [4.69, 9.17) is 0 Å². The van der Waals surface area contributed by atoms with E-state index >= 15 is 0 Å². The van der Waals surface area contributed by atoms with Crippen LogP contribution < -0.4 is 4.59 Å². The van der Waals surface area contributed by atoms with Crippen molar-refractivity contribution in [3.05, 3.63) is 24.3 Å². The molecule has 1 heterocycles. The van der Waals surface area contributed by atoms with Gasteiger partial charge >= 0.3 is 108 Å². The van der Waals surface area contributed by atoms with Crippen molar-refractivity contribution in [2.75, 3.05) is 0 Å². The number of fused-ring (bicyclic) bond motifs is 1. The molecule has 0 spiro atoms. The van der Waals surface area contributed by atoms with Gasteiger partial charge in [-0.2, -0.15) is 0 Å². The fourth-order valence-electron chi connectivity index (χ4n) is 1.66. The molecule has 0 saturated heterocycles. The summed E-state index contributed by atoms with van der Waals surface area (Å²) >= 11 is 2.22. The van der Waals surface area contributed by atoms with E-state index in [0.717, 1.165) is 0 Å². The first-order valence-corrected chi connectivity index (χ1v) is 8.73. The molecule has 0 unspecified atom stereocenters. The number of hydrogen-bond acceptors (Lipinski definition) is 2. The summed E-state index contributed by atoms with van der Waals surface area (Å²) in [6.45, 7) is 2.26. The summed E-state index contributed by atoms with van der Waals surface area (Å²) in [6.07, 6.45) is 5.47. The minimum absolute atomic E-state index is 0.577. The number of benzene rings is 1. The van der Waals surface area contributed by atoms with Crippen LogP contribution in [0, 0.1) is 0 Å². The van der Waals surface area contributed by atoms with Gasteiger partial charge in [-0.3, -0.25) is 0 Å². The zero-order chi connectivity index (χ0) is 11.2. The van der Waals surface area contributed by atoms with Crippen LogP contribution in [0.5, 0.6) is 0 Å². The molecule has 3 heteroatoms. The predicted octanol–water partition coefficient (Wildman–Crippen LogP) is 3.62. The van der Waals surface area contributed by atoms with Crippen LogP contribution in [0.15, 0.2) is 24.3 Å². The molecule has 86 valence electrons. The second kappa shape index (κ2) is 6.39. The number of rotatable bonds is 6. The zero-order valence-electron chi connectivity index (χ0n) is 9.61. The van der Waals surface area contributed by atoms with Crippen LogP contribution in [0.4, 0.5) is 0 Å². The number of hydrogen-bond donors (Lipinski definition) is 0. The summed E-state index contributed by atoms with van der Waals surface area (Å²) in [6, 6.07) is 8.59. The van der Waals surface area contributed by atoms with E-state index in [9.17, 15) is 0 Å². The first-order chi connectivity index (χ1) is 7.92. The number of unbranched alkanes of at least 4 members (excludes halogenated alkanes) is 3. The standard InChI is InChI=1S/C13H17NSSe/c1-2-3-4-7-10-16-13-11-8-5-6-9-12(11)15-14-13/h5-6,8-9H,2-4,7,10H2,1H3. The van der Waals surface area contributed by atoms with Gasteiger partial charge < -0.3 is 0 Å². The fourth-order valence-corrected chi connectivity index (χ4v) is 4.95. The maximum atomic E-state index is 4.58. The normalized spacial score (nSPS) is 11.1. The van der Waals surface area contributed by atoms with E-state index in [1.807, 2.05) is 0 Å². The Bertz CT molecular complexity index is 438. The van der Waals surface area contributed by atoms with Crippen LogP contribution in [-0.4, -0.2) is 19.3 Å². The van der Waals surface area contributed by atoms with Gasteiger partial charge in [0.15, 0.2) is 0 Å². The Morgan fingerprint density at radius 3 is 2.94 bits per heavy atom. The summed E-state index contributed by atoms with van der Waals surface area (Å²) < 4.78 is 7.29. The molecule has 0 N–H and O–H groups in total. The molecule has 0 atom stereocenters. The minimum atomic E-state index is 0.577. The molecule has 0 aliphatic carbocycles. The second-order valence-electron chi connectivity index (χ2n) is 3.89. The Kier molecular flexibility index (Phi) is 4.83. The zero-order valence-corrected chi connectivity index (χ0v) is 12.1. The van der Waals surface area contributed by atoms with Gasteiger partial charge in [-0.15, -0.1) is 0 Å². The van der Waals surface area contributed by atoms with Crippen LogP contribution >= 0.6 is 11.5 Å². The topological polar surface area (TPSA) is 12.9 Å². The molecule has 1 aromatic carbocycles.